The van der Waals surface area contributed by atoms with Gasteiger partial charge in [-0.2, -0.15) is 4.39 Å². The van der Waals surface area contributed by atoms with Crippen LogP contribution in [0.4, 0.5) is 4.39 Å². The molecule has 17 heavy (non-hydrogen) atoms. The van der Waals surface area contributed by atoms with Crippen molar-refractivity contribution in [3.8, 4) is 0 Å². The molecule has 0 atom stereocenters. The van der Waals surface area contributed by atoms with Crippen molar-refractivity contribution in [1.82, 2.24) is 9.55 Å². The first-order valence-electron chi connectivity index (χ1n) is 4.48. The smallest absolute Gasteiger partial charge is 0.324 e. The molecule has 0 amide bonds. The Labute approximate surface area is 94.4 Å². The molecule has 0 aliphatic carbocycles. The first-order valence-corrected chi connectivity index (χ1v) is 6.28. The van der Waals surface area contributed by atoms with Crippen molar-refractivity contribution in [3.63, 3.8) is 0 Å². The Balaban J connectivity index is 2.77. The van der Waals surface area contributed by atoms with Gasteiger partial charge < -0.3 is 9.79 Å². The summed E-state index contributed by atoms with van der Waals surface area (Å²) in [5.74, 6) is -1.10. The number of rotatable bonds is 4. The summed E-state index contributed by atoms with van der Waals surface area (Å²) in [4.78, 5) is 40.6. The Morgan fingerprint density at radius 2 is 2.06 bits per heavy atom. The monoisotopic (exact) mass is 264 g/mol. The van der Waals surface area contributed by atoms with Crippen LogP contribution >= 0.6 is 7.60 Å². The van der Waals surface area contributed by atoms with E-state index >= 15 is 0 Å². The maximum Gasteiger partial charge on any atom is 0.329 e. The summed E-state index contributed by atoms with van der Waals surface area (Å²) in [7, 11) is -4.12. The van der Waals surface area contributed by atoms with Gasteiger partial charge >= 0.3 is 13.3 Å². The predicted molar refractivity (Wildman–Crippen MR) is 57.3 cm³/mol. The van der Waals surface area contributed by atoms with Crippen molar-refractivity contribution in [2.75, 3.05) is 6.16 Å². The van der Waals surface area contributed by atoms with E-state index in [1.807, 2.05) is 0 Å². The zero-order valence-corrected chi connectivity index (χ0v) is 9.43. The summed E-state index contributed by atoms with van der Waals surface area (Å²) < 4.78 is 24.1. The maximum atomic E-state index is 12.8. The van der Waals surface area contributed by atoms with Gasteiger partial charge in [0.15, 0.2) is 0 Å². The van der Waals surface area contributed by atoms with E-state index in [9.17, 15) is 18.5 Å². The second-order valence-corrected chi connectivity index (χ2v) is 4.90. The fourth-order valence-electron chi connectivity index (χ4n) is 1.02. The zero-order chi connectivity index (χ0) is 13.1. The van der Waals surface area contributed by atoms with Crippen LogP contribution in [0.3, 0.4) is 0 Å². The van der Waals surface area contributed by atoms with E-state index in [1.54, 1.807) is 4.98 Å². The Bertz CT molecular complexity index is 584. The highest BCUT2D eigenvalue weighted by atomic mass is 31.2. The third kappa shape index (κ3) is 4.48. The topological polar surface area (TPSA) is 112 Å². The molecule has 1 rings (SSSR count). The third-order valence-electron chi connectivity index (χ3n) is 1.78. The lowest BCUT2D eigenvalue weighted by atomic mass is 10.5. The van der Waals surface area contributed by atoms with Gasteiger partial charge in [-0.25, -0.2) is 4.79 Å². The van der Waals surface area contributed by atoms with Crippen LogP contribution in [0.15, 0.2) is 27.9 Å². The van der Waals surface area contributed by atoms with Crippen LogP contribution in [0.5, 0.6) is 0 Å². The molecule has 0 aliphatic heterocycles. The molecule has 0 saturated heterocycles. The van der Waals surface area contributed by atoms with Gasteiger partial charge in [0.1, 0.15) is 0 Å². The molecule has 0 fully saturated rings. The summed E-state index contributed by atoms with van der Waals surface area (Å²) in [6.07, 6.45) is 2.73. The van der Waals surface area contributed by atoms with Crippen LogP contribution in [0.1, 0.15) is 0 Å². The van der Waals surface area contributed by atoms with Crippen molar-refractivity contribution < 1.29 is 18.7 Å². The van der Waals surface area contributed by atoms with Crippen LogP contribution in [-0.4, -0.2) is 25.5 Å². The van der Waals surface area contributed by atoms with Gasteiger partial charge in [-0.1, -0.05) is 12.2 Å². The Hall–Kier alpha value is -1.50. The van der Waals surface area contributed by atoms with Crippen molar-refractivity contribution >= 4 is 7.60 Å². The zero-order valence-electron chi connectivity index (χ0n) is 8.54. The van der Waals surface area contributed by atoms with Gasteiger partial charge in [-0.05, 0) is 0 Å². The van der Waals surface area contributed by atoms with Crippen molar-refractivity contribution in [2.24, 2.45) is 0 Å². The normalized spacial score (nSPS) is 12.2. The van der Waals surface area contributed by atoms with E-state index in [0.29, 0.717) is 0 Å². The highest BCUT2D eigenvalue weighted by Gasteiger charge is 2.08. The standard InChI is InChI=1S/C8H10FN2O5P/c9-6-5-11(8(13)10-7(6)12)3-1-2-4-17(14,15)16/h1-2,5H,3-4H2,(H,10,12,13)(H2,14,15,16)/b2-1-. The number of H-pyrrole nitrogens is 1. The number of nitrogens with one attached hydrogen (secondary N) is 1. The van der Waals surface area contributed by atoms with E-state index in [4.69, 9.17) is 9.79 Å². The molecule has 0 unspecified atom stereocenters. The molecular weight excluding hydrogens is 254 g/mol. The first kappa shape index (κ1) is 13.6. The number of hydrogen-bond acceptors (Lipinski definition) is 3. The SMILES string of the molecule is O=c1[nH]c(=O)n(C/C=C\CP(=O)(O)O)cc1F. The van der Waals surface area contributed by atoms with E-state index in [-0.39, 0.29) is 6.54 Å². The molecule has 3 N–H and O–H groups in total. The van der Waals surface area contributed by atoms with E-state index < -0.39 is 30.8 Å². The minimum Gasteiger partial charge on any atom is -0.324 e. The molecule has 1 aromatic heterocycles. The Morgan fingerprint density at radius 3 is 2.65 bits per heavy atom. The van der Waals surface area contributed by atoms with Gasteiger partial charge in [0, 0.05) is 6.54 Å². The van der Waals surface area contributed by atoms with Crippen LogP contribution in [0, 0.1) is 5.82 Å². The molecule has 0 aromatic carbocycles. The highest BCUT2D eigenvalue weighted by Crippen LogP contribution is 2.33. The van der Waals surface area contributed by atoms with Gasteiger partial charge in [0.25, 0.3) is 5.56 Å². The average Bonchev–Trinajstić information content (AvgIpc) is 2.18. The summed E-state index contributed by atoms with van der Waals surface area (Å²) in [6, 6.07) is 0. The number of aromatic amines is 1. The Kier molecular flexibility index (Phi) is 4.17. The van der Waals surface area contributed by atoms with Crippen molar-refractivity contribution in [2.45, 2.75) is 6.54 Å². The molecule has 0 spiro atoms. The minimum atomic E-state index is -4.12. The van der Waals surface area contributed by atoms with Gasteiger partial charge in [-0.3, -0.25) is 18.9 Å². The van der Waals surface area contributed by atoms with Crippen LogP contribution < -0.4 is 11.2 Å². The molecule has 1 heterocycles. The molecule has 9 heteroatoms. The second kappa shape index (κ2) is 5.22. The average molecular weight is 264 g/mol. The van der Waals surface area contributed by atoms with Gasteiger partial charge in [-0.15, -0.1) is 0 Å². The lowest BCUT2D eigenvalue weighted by Crippen LogP contribution is -2.31. The molecular formula is C8H10FN2O5P. The van der Waals surface area contributed by atoms with E-state index in [1.165, 1.54) is 12.2 Å². The summed E-state index contributed by atoms with van der Waals surface area (Å²) in [5, 5.41) is 0. The van der Waals surface area contributed by atoms with Crippen molar-refractivity contribution in [3.05, 3.63) is 45.0 Å². The number of nitrogens with zero attached hydrogens (tertiary/aromatic N) is 1. The van der Waals surface area contributed by atoms with Crippen LogP contribution in [0.25, 0.3) is 0 Å². The Morgan fingerprint density at radius 1 is 1.41 bits per heavy atom. The molecule has 0 bridgehead atoms. The fourth-order valence-corrected chi connectivity index (χ4v) is 1.44. The van der Waals surface area contributed by atoms with Gasteiger partial charge in [0.05, 0.1) is 12.4 Å². The summed E-state index contributed by atoms with van der Waals surface area (Å²) in [6.45, 7) is -0.0907. The molecule has 0 radical (unpaired) electrons. The molecule has 1 aromatic rings. The fraction of sp³-hybridized carbons (Fsp3) is 0.250. The molecule has 0 saturated carbocycles. The number of halogens is 1. The molecule has 7 nitrogen and oxygen atoms in total. The van der Waals surface area contributed by atoms with Crippen LogP contribution in [0.2, 0.25) is 0 Å². The lowest BCUT2D eigenvalue weighted by molar-refractivity contribution is 0.377. The third-order valence-corrected chi connectivity index (χ3v) is 2.47. The molecule has 0 aliphatic rings. The maximum absolute atomic E-state index is 12.8. The largest absolute Gasteiger partial charge is 0.329 e. The first-order chi connectivity index (χ1) is 7.79. The number of aromatic nitrogens is 2. The van der Waals surface area contributed by atoms with Gasteiger partial charge in [0.2, 0.25) is 5.82 Å². The quantitative estimate of drug-likeness (QED) is 0.497. The van der Waals surface area contributed by atoms with E-state index in [2.05, 4.69) is 0 Å². The van der Waals surface area contributed by atoms with Crippen LogP contribution in [-0.2, 0) is 11.1 Å². The summed E-state index contributed by atoms with van der Waals surface area (Å²) in [5.41, 5.74) is -1.90. The second-order valence-electron chi connectivity index (χ2n) is 3.21. The number of hydrogen-bond donors (Lipinski definition) is 3. The minimum absolute atomic E-state index is 0.0907. The molecule has 94 valence electrons. The summed E-state index contributed by atoms with van der Waals surface area (Å²) >= 11 is 0. The predicted octanol–water partition coefficient (Wildman–Crippen LogP) is -0.590. The van der Waals surface area contributed by atoms with Crippen molar-refractivity contribution in [1.29, 1.82) is 0 Å². The highest BCUT2D eigenvalue weighted by molar-refractivity contribution is 7.51. The lowest BCUT2D eigenvalue weighted by Gasteiger charge is -2.01. The van der Waals surface area contributed by atoms with E-state index in [0.717, 1.165) is 10.8 Å². The number of allylic oxidation sites excluding steroid dienone is 2.